The van der Waals surface area contributed by atoms with Crippen LogP contribution < -0.4 is 27.4 Å². The van der Waals surface area contributed by atoms with Crippen molar-refractivity contribution >= 4 is 40.6 Å². The Kier molecular flexibility index (Phi) is 12.2. The second kappa shape index (κ2) is 16.0. The van der Waals surface area contributed by atoms with Gasteiger partial charge < -0.3 is 47.7 Å². The van der Waals surface area contributed by atoms with Crippen LogP contribution in [0.25, 0.3) is 10.9 Å². The Bertz CT molecular complexity index is 1460. The van der Waals surface area contributed by atoms with Crippen molar-refractivity contribution in [2.24, 2.45) is 11.5 Å². The van der Waals surface area contributed by atoms with Crippen molar-refractivity contribution in [3.8, 4) is 5.75 Å². The van der Waals surface area contributed by atoms with E-state index in [0.717, 1.165) is 10.9 Å². The van der Waals surface area contributed by atoms with Crippen molar-refractivity contribution in [1.29, 1.82) is 0 Å². The maximum atomic E-state index is 13.3. The van der Waals surface area contributed by atoms with E-state index in [1.165, 1.54) is 12.1 Å². The number of aromatic nitrogens is 1. The number of carbonyl (C=O) groups is 5. The quantitative estimate of drug-likeness (QED) is 0.0934. The maximum absolute atomic E-state index is 13.3. The Hall–Kier alpha value is -4.95. The molecule has 0 aliphatic carbocycles. The van der Waals surface area contributed by atoms with Crippen LogP contribution in [0.5, 0.6) is 5.75 Å². The second-order valence-electron chi connectivity index (χ2n) is 10.4. The molecule has 11 N–H and O–H groups in total. The Morgan fingerprint density at radius 2 is 1.43 bits per heavy atom. The van der Waals surface area contributed by atoms with E-state index in [4.69, 9.17) is 11.5 Å². The van der Waals surface area contributed by atoms with Crippen LogP contribution in [0.15, 0.2) is 54.7 Å². The van der Waals surface area contributed by atoms with Gasteiger partial charge in [0, 0.05) is 23.5 Å². The molecule has 236 valence electrons. The Morgan fingerprint density at radius 3 is 2.09 bits per heavy atom. The highest BCUT2D eigenvalue weighted by atomic mass is 16.4. The number of amides is 3. The van der Waals surface area contributed by atoms with Crippen LogP contribution in [0.2, 0.25) is 0 Å². The summed E-state index contributed by atoms with van der Waals surface area (Å²) in [6, 6.07) is 7.99. The molecule has 0 spiro atoms. The lowest BCUT2D eigenvalue weighted by Crippen LogP contribution is -2.57. The van der Waals surface area contributed by atoms with Crippen molar-refractivity contribution in [3.05, 3.63) is 65.9 Å². The molecule has 0 bridgehead atoms. The summed E-state index contributed by atoms with van der Waals surface area (Å²) in [5.74, 6) is -5.17. The van der Waals surface area contributed by atoms with E-state index in [1.807, 2.05) is 24.3 Å². The van der Waals surface area contributed by atoms with Crippen molar-refractivity contribution < 1.29 is 39.3 Å². The van der Waals surface area contributed by atoms with Gasteiger partial charge in [-0.05, 0) is 61.6 Å². The molecule has 3 rings (SSSR count). The topological polar surface area (TPSA) is 250 Å². The van der Waals surface area contributed by atoms with Gasteiger partial charge in [0.15, 0.2) is 0 Å². The number of unbranched alkanes of at least 4 members (excludes halogenated alkanes) is 1. The lowest BCUT2D eigenvalue weighted by atomic mass is 10.0. The Balaban J connectivity index is 1.72. The number of carboxylic acids is 2. The van der Waals surface area contributed by atoms with Gasteiger partial charge in [-0.25, -0.2) is 4.79 Å². The second-order valence-corrected chi connectivity index (χ2v) is 10.4. The van der Waals surface area contributed by atoms with Crippen LogP contribution in [-0.2, 0) is 36.8 Å². The number of aliphatic carboxylic acids is 2. The number of rotatable bonds is 17. The lowest BCUT2D eigenvalue weighted by molar-refractivity contribution is -0.143. The normalized spacial score (nSPS) is 13.8. The molecule has 3 amide bonds. The Morgan fingerprint density at radius 1 is 0.795 bits per heavy atom. The van der Waals surface area contributed by atoms with Gasteiger partial charge in [0.25, 0.3) is 0 Å². The van der Waals surface area contributed by atoms with Gasteiger partial charge in [-0.15, -0.1) is 0 Å². The predicted molar refractivity (Wildman–Crippen MR) is 160 cm³/mol. The first-order valence-electron chi connectivity index (χ1n) is 14.1. The van der Waals surface area contributed by atoms with Crippen molar-refractivity contribution in [2.45, 2.75) is 62.7 Å². The molecule has 1 aromatic heterocycles. The number of fused-ring (bicyclic) bond motifs is 1. The summed E-state index contributed by atoms with van der Waals surface area (Å²) in [7, 11) is 0. The average Bonchev–Trinajstić information content (AvgIpc) is 3.39. The number of nitrogens with two attached hydrogens (primary N) is 2. The SMILES string of the molecule is NCCCCC(NC(=O)C(CC(=O)O)NC(=O)C(N)Cc1ccc(O)cc1)C(=O)NC(Cc1c[nH]c2ccccc12)C(=O)O. The zero-order valence-electron chi connectivity index (χ0n) is 24.0. The van der Waals surface area contributed by atoms with Crippen LogP contribution in [0, 0.1) is 0 Å². The molecule has 0 saturated carbocycles. The number of aromatic hydroxyl groups is 1. The highest BCUT2D eigenvalue weighted by Crippen LogP contribution is 2.19. The first-order chi connectivity index (χ1) is 21.0. The predicted octanol–water partition coefficient (Wildman–Crippen LogP) is 0.129. The van der Waals surface area contributed by atoms with E-state index in [0.29, 0.717) is 30.5 Å². The number of phenols is 1. The molecule has 0 aliphatic heterocycles. The third-order valence-electron chi connectivity index (χ3n) is 7.03. The molecule has 0 aliphatic rings. The molecule has 4 atom stereocenters. The molecule has 2 aromatic carbocycles. The zero-order chi connectivity index (χ0) is 32.2. The van der Waals surface area contributed by atoms with E-state index < -0.39 is 60.2 Å². The molecular formula is C30H38N6O8. The fourth-order valence-electron chi connectivity index (χ4n) is 4.67. The number of carbonyl (C=O) groups excluding carboxylic acids is 3. The van der Waals surface area contributed by atoms with Crippen molar-refractivity contribution in [3.63, 3.8) is 0 Å². The number of para-hydroxylation sites is 1. The minimum atomic E-state index is -1.57. The smallest absolute Gasteiger partial charge is 0.326 e. The number of hydrogen-bond acceptors (Lipinski definition) is 8. The van der Waals surface area contributed by atoms with E-state index in [1.54, 1.807) is 18.3 Å². The number of benzene rings is 2. The van der Waals surface area contributed by atoms with Gasteiger partial charge in [0.2, 0.25) is 17.7 Å². The average molecular weight is 611 g/mol. The minimum Gasteiger partial charge on any atom is -0.508 e. The molecule has 0 saturated heterocycles. The largest absolute Gasteiger partial charge is 0.508 e. The number of nitrogens with one attached hydrogen (secondary N) is 4. The van der Waals surface area contributed by atoms with Crippen LogP contribution in [0.3, 0.4) is 0 Å². The summed E-state index contributed by atoms with van der Waals surface area (Å²) in [6.45, 7) is 0.317. The van der Waals surface area contributed by atoms with E-state index in [-0.39, 0.29) is 25.0 Å². The van der Waals surface area contributed by atoms with Crippen LogP contribution in [-0.4, -0.2) is 80.7 Å². The van der Waals surface area contributed by atoms with E-state index >= 15 is 0 Å². The molecule has 0 fully saturated rings. The summed E-state index contributed by atoms with van der Waals surface area (Å²) < 4.78 is 0. The summed E-state index contributed by atoms with van der Waals surface area (Å²) in [5.41, 5.74) is 13.7. The maximum Gasteiger partial charge on any atom is 0.326 e. The van der Waals surface area contributed by atoms with E-state index in [2.05, 4.69) is 20.9 Å². The van der Waals surface area contributed by atoms with E-state index in [9.17, 15) is 39.3 Å². The van der Waals surface area contributed by atoms with Crippen molar-refractivity contribution in [1.82, 2.24) is 20.9 Å². The highest BCUT2D eigenvalue weighted by molar-refractivity contribution is 5.96. The molecule has 14 heteroatoms. The third-order valence-corrected chi connectivity index (χ3v) is 7.03. The van der Waals surface area contributed by atoms with Gasteiger partial charge in [0.1, 0.15) is 23.9 Å². The minimum absolute atomic E-state index is 0.0302. The third kappa shape index (κ3) is 9.81. The zero-order valence-corrected chi connectivity index (χ0v) is 24.0. The van der Waals surface area contributed by atoms with Gasteiger partial charge in [-0.3, -0.25) is 19.2 Å². The number of aromatic amines is 1. The molecule has 1 heterocycles. The summed E-state index contributed by atoms with van der Waals surface area (Å²) >= 11 is 0. The van der Waals surface area contributed by atoms with Crippen molar-refractivity contribution in [2.75, 3.05) is 6.54 Å². The number of H-pyrrole nitrogens is 1. The van der Waals surface area contributed by atoms with Gasteiger partial charge in [-0.2, -0.15) is 0 Å². The molecule has 3 aromatic rings. The molecule has 44 heavy (non-hydrogen) atoms. The Labute approximate surface area is 253 Å². The fraction of sp³-hybridized carbons (Fsp3) is 0.367. The summed E-state index contributed by atoms with van der Waals surface area (Å²) in [4.78, 5) is 66.0. The number of carboxylic acid groups (broad SMARTS) is 2. The highest BCUT2D eigenvalue weighted by Gasteiger charge is 2.31. The lowest BCUT2D eigenvalue weighted by Gasteiger charge is -2.25. The summed E-state index contributed by atoms with van der Waals surface area (Å²) in [5, 5.41) is 36.8. The van der Waals surface area contributed by atoms with Gasteiger partial charge in [0.05, 0.1) is 12.5 Å². The molecule has 4 unspecified atom stereocenters. The molecular weight excluding hydrogens is 572 g/mol. The van der Waals surface area contributed by atoms with Crippen LogP contribution in [0.1, 0.15) is 36.8 Å². The summed E-state index contributed by atoms with van der Waals surface area (Å²) in [6.07, 6.45) is 1.89. The van der Waals surface area contributed by atoms with Gasteiger partial charge >= 0.3 is 11.9 Å². The van der Waals surface area contributed by atoms with Crippen LogP contribution in [0.4, 0.5) is 0 Å². The van der Waals surface area contributed by atoms with Gasteiger partial charge in [-0.1, -0.05) is 30.3 Å². The fourth-order valence-corrected chi connectivity index (χ4v) is 4.67. The van der Waals surface area contributed by atoms with Crippen LogP contribution >= 0.6 is 0 Å². The monoisotopic (exact) mass is 610 g/mol. The first kappa shape index (κ1) is 33.6. The molecule has 14 nitrogen and oxygen atoms in total. The number of hydrogen-bond donors (Lipinski definition) is 9. The first-order valence-corrected chi connectivity index (χ1v) is 14.1. The number of phenolic OH excluding ortho intramolecular Hbond substituents is 1. The molecule has 0 radical (unpaired) electrons. The standard InChI is InChI=1S/C30H38N6O8/c31-12-4-3-7-23(28(41)36-25(30(43)44)14-18-16-33-22-6-2-1-5-20(18)22)34-29(42)24(15-26(38)39)35-27(40)21(32)13-17-8-10-19(37)11-9-17/h1-2,5-6,8-11,16,21,23-25,33,37H,3-4,7,12-15,31-32H2,(H,34,42)(H,35,40)(H,36,41)(H,38,39)(H,43,44).